The second kappa shape index (κ2) is 9.61. The summed E-state index contributed by atoms with van der Waals surface area (Å²) < 4.78 is 47.5. The molecule has 0 saturated heterocycles. The van der Waals surface area contributed by atoms with Gasteiger partial charge in [0.2, 0.25) is 0 Å². The quantitative estimate of drug-likeness (QED) is 0.399. The van der Waals surface area contributed by atoms with Gasteiger partial charge in [-0.2, -0.15) is 0 Å². The molecule has 2 heterocycles. The summed E-state index contributed by atoms with van der Waals surface area (Å²) in [6, 6.07) is 15.6. The molecule has 0 aliphatic carbocycles. The molecule has 0 saturated carbocycles. The molecule has 4 aromatic rings. The van der Waals surface area contributed by atoms with Crippen LogP contribution in [0.1, 0.15) is 18.6 Å². The Morgan fingerprint density at radius 2 is 1.79 bits per heavy atom. The number of nitrogens with zero attached hydrogens (tertiary/aromatic N) is 4. The monoisotopic (exact) mass is 469 g/mol. The Bertz CT molecular complexity index is 1240. The maximum Gasteiger partial charge on any atom is 0.573 e. The second-order valence-electron chi connectivity index (χ2n) is 7.09. The molecule has 11 heteroatoms. The highest BCUT2D eigenvalue weighted by Gasteiger charge is 2.31. The first kappa shape index (κ1) is 22.8. The van der Waals surface area contributed by atoms with E-state index in [1.807, 2.05) is 6.07 Å². The van der Waals surface area contributed by atoms with Crippen LogP contribution < -0.4 is 10.1 Å². The van der Waals surface area contributed by atoms with Gasteiger partial charge in [0.1, 0.15) is 18.2 Å². The van der Waals surface area contributed by atoms with Gasteiger partial charge in [0, 0.05) is 29.2 Å². The van der Waals surface area contributed by atoms with Crippen molar-refractivity contribution in [1.82, 2.24) is 19.7 Å². The molecule has 2 aromatic carbocycles. The number of hydrogen-bond donors (Lipinski definition) is 1. The van der Waals surface area contributed by atoms with Crippen LogP contribution in [-0.2, 0) is 4.74 Å². The maximum atomic E-state index is 12.3. The van der Waals surface area contributed by atoms with Gasteiger partial charge in [0.05, 0.1) is 5.69 Å². The number of nitrogens with one attached hydrogen (secondary N) is 1. The van der Waals surface area contributed by atoms with E-state index in [-0.39, 0.29) is 5.75 Å². The molecule has 174 valence electrons. The average Bonchev–Trinajstić information content (AvgIpc) is 3.30. The topological polar surface area (TPSA) is 91.2 Å². The molecule has 1 N–H and O–H groups in total. The zero-order chi connectivity index (χ0) is 24.1. The highest BCUT2D eigenvalue weighted by atomic mass is 19.4. The fraction of sp³-hybridized carbons (Fsp3) is 0.130. The van der Waals surface area contributed by atoms with E-state index in [1.165, 1.54) is 35.3 Å². The van der Waals surface area contributed by atoms with Crippen LogP contribution in [0.25, 0.3) is 17.1 Å². The molecule has 0 aliphatic rings. The number of amides is 1. The van der Waals surface area contributed by atoms with E-state index >= 15 is 0 Å². The van der Waals surface area contributed by atoms with Crippen molar-refractivity contribution in [1.29, 1.82) is 0 Å². The van der Waals surface area contributed by atoms with Gasteiger partial charge in [-0.25, -0.2) is 14.5 Å². The standard InChI is InChI=1S/C23H18F3N5O3/c1-15(17-3-2-12-27-13-17)33-22(32)29-18-6-4-16(5-7-18)21-28-14-31(30-21)19-8-10-20(11-9-19)34-23(24,25)26/h2-15H,1H3,(H,29,32). The minimum atomic E-state index is -4.75. The molecule has 34 heavy (non-hydrogen) atoms. The summed E-state index contributed by atoms with van der Waals surface area (Å²) in [6.45, 7) is 1.75. The fourth-order valence-electron chi connectivity index (χ4n) is 3.02. The smallest absolute Gasteiger partial charge is 0.441 e. The summed E-state index contributed by atoms with van der Waals surface area (Å²) in [7, 11) is 0. The number of pyridine rings is 1. The summed E-state index contributed by atoms with van der Waals surface area (Å²) in [5, 5.41) is 7.00. The van der Waals surface area contributed by atoms with Crippen LogP contribution >= 0.6 is 0 Å². The van der Waals surface area contributed by atoms with Gasteiger partial charge in [-0.1, -0.05) is 6.07 Å². The highest BCUT2D eigenvalue weighted by molar-refractivity contribution is 5.85. The molecule has 1 amide bonds. The summed E-state index contributed by atoms with van der Waals surface area (Å²) in [5.41, 5.74) is 2.49. The molecular formula is C23H18F3N5O3. The Morgan fingerprint density at radius 1 is 1.06 bits per heavy atom. The maximum absolute atomic E-state index is 12.3. The lowest BCUT2D eigenvalue weighted by Gasteiger charge is -2.13. The lowest BCUT2D eigenvalue weighted by Crippen LogP contribution is -2.17. The second-order valence-corrected chi connectivity index (χ2v) is 7.09. The van der Waals surface area contributed by atoms with Gasteiger partial charge in [-0.05, 0) is 61.5 Å². The molecule has 8 nitrogen and oxygen atoms in total. The summed E-state index contributed by atoms with van der Waals surface area (Å²) in [5.74, 6) is 0.0722. The summed E-state index contributed by atoms with van der Waals surface area (Å²) >= 11 is 0. The SMILES string of the molecule is CC(OC(=O)Nc1ccc(-c2ncn(-c3ccc(OC(F)(F)F)cc3)n2)cc1)c1cccnc1. The molecule has 0 bridgehead atoms. The van der Waals surface area contributed by atoms with Gasteiger partial charge >= 0.3 is 12.5 Å². The zero-order valence-electron chi connectivity index (χ0n) is 17.7. The molecule has 0 aliphatic heterocycles. The van der Waals surface area contributed by atoms with E-state index in [9.17, 15) is 18.0 Å². The van der Waals surface area contributed by atoms with E-state index in [1.54, 1.807) is 49.6 Å². The predicted octanol–water partition coefficient (Wildman–Crippen LogP) is 5.54. The van der Waals surface area contributed by atoms with Gasteiger partial charge in [-0.15, -0.1) is 18.3 Å². The zero-order valence-corrected chi connectivity index (χ0v) is 17.7. The number of ether oxygens (including phenoxy) is 2. The lowest BCUT2D eigenvalue weighted by molar-refractivity contribution is -0.274. The van der Waals surface area contributed by atoms with Crippen LogP contribution in [0, 0.1) is 0 Å². The Morgan fingerprint density at radius 3 is 2.44 bits per heavy atom. The third-order valence-corrected chi connectivity index (χ3v) is 4.65. The Kier molecular flexibility index (Phi) is 6.44. The first-order valence-electron chi connectivity index (χ1n) is 10.0. The fourth-order valence-corrected chi connectivity index (χ4v) is 3.02. The number of hydrogen-bond acceptors (Lipinski definition) is 6. The van der Waals surface area contributed by atoms with Gasteiger partial charge in [0.15, 0.2) is 5.82 Å². The number of anilines is 1. The number of carbonyl (C=O) groups excluding carboxylic acids is 1. The number of rotatable bonds is 6. The van der Waals surface area contributed by atoms with Crippen LogP contribution in [0.15, 0.2) is 79.4 Å². The van der Waals surface area contributed by atoms with Gasteiger partial charge in [0.25, 0.3) is 0 Å². The number of carbonyl (C=O) groups is 1. The molecule has 0 radical (unpaired) electrons. The van der Waals surface area contributed by atoms with Crippen molar-refractivity contribution < 1.29 is 27.4 Å². The molecular weight excluding hydrogens is 451 g/mol. The van der Waals surface area contributed by atoms with E-state index in [0.717, 1.165) is 5.56 Å². The predicted molar refractivity (Wildman–Crippen MR) is 116 cm³/mol. The molecule has 2 aromatic heterocycles. The van der Waals surface area contributed by atoms with Crippen LogP contribution in [0.2, 0.25) is 0 Å². The van der Waals surface area contributed by atoms with E-state index in [2.05, 4.69) is 25.1 Å². The van der Waals surface area contributed by atoms with Crippen LogP contribution in [-0.4, -0.2) is 32.2 Å². The minimum Gasteiger partial charge on any atom is -0.441 e. The normalized spacial score (nSPS) is 12.1. The van der Waals surface area contributed by atoms with Crippen molar-refractivity contribution in [2.45, 2.75) is 19.4 Å². The van der Waals surface area contributed by atoms with Crippen molar-refractivity contribution in [3.8, 4) is 22.8 Å². The van der Waals surface area contributed by atoms with E-state index in [0.29, 0.717) is 22.8 Å². The lowest BCUT2D eigenvalue weighted by atomic mass is 10.2. The summed E-state index contributed by atoms with van der Waals surface area (Å²) in [6.07, 6.45) is -1.11. The average molecular weight is 469 g/mol. The van der Waals surface area contributed by atoms with Crippen molar-refractivity contribution in [2.75, 3.05) is 5.32 Å². The number of benzene rings is 2. The molecule has 1 unspecified atom stereocenters. The summed E-state index contributed by atoms with van der Waals surface area (Å²) in [4.78, 5) is 20.4. The van der Waals surface area contributed by atoms with E-state index < -0.39 is 18.6 Å². The molecule has 0 fully saturated rings. The van der Waals surface area contributed by atoms with Crippen LogP contribution in [0.3, 0.4) is 0 Å². The number of alkyl halides is 3. The third-order valence-electron chi connectivity index (χ3n) is 4.65. The van der Waals surface area contributed by atoms with Crippen molar-refractivity contribution in [3.05, 3.63) is 84.9 Å². The molecule has 1 atom stereocenters. The number of halogens is 3. The first-order valence-corrected chi connectivity index (χ1v) is 10.0. The molecule has 0 spiro atoms. The Balaban J connectivity index is 1.37. The van der Waals surface area contributed by atoms with E-state index in [4.69, 9.17) is 4.74 Å². The Labute approximate surface area is 192 Å². The first-order chi connectivity index (χ1) is 16.3. The van der Waals surface area contributed by atoms with Crippen molar-refractivity contribution in [2.24, 2.45) is 0 Å². The van der Waals surface area contributed by atoms with Crippen molar-refractivity contribution >= 4 is 11.8 Å². The number of aromatic nitrogens is 4. The van der Waals surface area contributed by atoms with Gasteiger partial charge in [-0.3, -0.25) is 10.3 Å². The van der Waals surface area contributed by atoms with Crippen molar-refractivity contribution in [3.63, 3.8) is 0 Å². The highest BCUT2D eigenvalue weighted by Crippen LogP contribution is 2.24. The van der Waals surface area contributed by atoms with Gasteiger partial charge < -0.3 is 9.47 Å². The Hall–Kier alpha value is -4.41. The van der Waals surface area contributed by atoms with Crippen LogP contribution in [0.5, 0.6) is 5.75 Å². The third kappa shape index (κ3) is 5.88. The largest absolute Gasteiger partial charge is 0.573 e. The van der Waals surface area contributed by atoms with Crippen LogP contribution in [0.4, 0.5) is 23.7 Å². The molecule has 4 rings (SSSR count). The minimum absolute atomic E-state index is 0.326.